The fourth-order valence-corrected chi connectivity index (χ4v) is 1.17. The number of carbonyl (C=O) groups is 2. The van der Waals surface area contributed by atoms with Crippen LogP contribution in [0.1, 0.15) is 13.3 Å². The molecule has 0 saturated carbocycles. The van der Waals surface area contributed by atoms with E-state index in [1.807, 2.05) is 6.07 Å². The molecule has 1 unspecified atom stereocenters. The van der Waals surface area contributed by atoms with Crippen LogP contribution in [-0.2, 0) is 4.79 Å². The maximum atomic E-state index is 11.4. The van der Waals surface area contributed by atoms with Crippen LogP contribution in [0.5, 0.6) is 0 Å². The van der Waals surface area contributed by atoms with Crippen LogP contribution < -0.4 is 15.7 Å². The van der Waals surface area contributed by atoms with Crippen LogP contribution in [0.2, 0.25) is 0 Å². The number of hydrogen-bond donors (Lipinski definition) is 2. The quantitative estimate of drug-likeness (QED) is 0.769. The SMILES string of the molecule is CCC(NC(=O)Nc1ccccc1)C(=O)[O-]. The molecule has 0 aliphatic carbocycles. The number of carboxylic acid groups (broad SMARTS) is 1. The lowest BCUT2D eigenvalue weighted by molar-refractivity contribution is -0.308. The first-order valence-electron chi connectivity index (χ1n) is 4.97. The lowest BCUT2D eigenvalue weighted by atomic mass is 10.2. The van der Waals surface area contributed by atoms with Crippen molar-refractivity contribution >= 4 is 17.7 Å². The predicted octanol–water partition coefficient (Wildman–Crippen LogP) is 0.337. The molecule has 0 heterocycles. The van der Waals surface area contributed by atoms with Crippen molar-refractivity contribution in [1.29, 1.82) is 0 Å². The van der Waals surface area contributed by atoms with Crippen molar-refractivity contribution in [1.82, 2.24) is 5.32 Å². The molecule has 0 spiro atoms. The van der Waals surface area contributed by atoms with E-state index in [1.54, 1.807) is 31.2 Å². The Morgan fingerprint density at radius 2 is 1.94 bits per heavy atom. The van der Waals surface area contributed by atoms with Crippen LogP contribution in [0.4, 0.5) is 10.5 Å². The lowest BCUT2D eigenvalue weighted by Crippen LogP contribution is -2.48. The minimum atomic E-state index is -1.29. The van der Waals surface area contributed by atoms with Gasteiger partial charge in [0.25, 0.3) is 0 Å². The molecule has 0 aliphatic heterocycles. The minimum absolute atomic E-state index is 0.282. The lowest BCUT2D eigenvalue weighted by Gasteiger charge is -2.18. The topological polar surface area (TPSA) is 81.3 Å². The highest BCUT2D eigenvalue weighted by molar-refractivity contribution is 5.91. The molecule has 0 fully saturated rings. The number of hydrogen-bond acceptors (Lipinski definition) is 3. The highest BCUT2D eigenvalue weighted by Crippen LogP contribution is 2.04. The van der Waals surface area contributed by atoms with Crippen molar-refractivity contribution in [2.75, 3.05) is 5.32 Å². The summed E-state index contributed by atoms with van der Waals surface area (Å²) < 4.78 is 0. The Balaban J connectivity index is 2.50. The van der Waals surface area contributed by atoms with E-state index in [4.69, 9.17) is 0 Å². The van der Waals surface area contributed by atoms with E-state index >= 15 is 0 Å². The second-order valence-corrected chi connectivity index (χ2v) is 3.24. The molecule has 2 amide bonds. The van der Waals surface area contributed by atoms with Crippen LogP contribution in [0.25, 0.3) is 0 Å². The summed E-state index contributed by atoms with van der Waals surface area (Å²) in [7, 11) is 0. The van der Waals surface area contributed by atoms with E-state index < -0.39 is 18.0 Å². The highest BCUT2D eigenvalue weighted by Gasteiger charge is 2.10. The van der Waals surface area contributed by atoms with Crippen LogP contribution in [-0.4, -0.2) is 18.0 Å². The molecule has 1 aromatic rings. The van der Waals surface area contributed by atoms with Gasteiger partial charge in [-0.25, -0.2) is 4.79 Å². The molecule has 5 nitrogen and oxygen atoms in total. The van der Waals surface area contributed by atoms with E-state index in [2.05, 4.69) is 10.6 Å². The first-order chi connectivity index (χ1) is 7.63. The van der Waals surface area contributed by atoms with Crippen LogP contribution in [0, 0.1) is 0 Å². The first-order valence-corrected chi connectivity index (χ1v) is 4.97. The molecule has 16 heavy (non-hydrogen) atoms. The number of benzene rings is 1. The van der Waals surface area contributed by atoms with Crippen molar-refractivity contribution in [3.63, 3.8) is 0 Å². The monoisotopic (exact) mass is 221 g/mol. The Kier molecular flexibility index (Phi) is 4.32. The zero-order valence-electron chi connectivity index (χ0n) is 8.90. The second kappa shape index (κ2) is 5.75. The molecule has 1 aromatic carbocycles. The minimum Gasteiger partial charge on any atom is -0.548 e. The smallest absolute Gasteiger partial charge is 0.319 e. The summed E-state index contributed by atoms with van der Waals surface area (Å²) in [5.41, 5.74) is 0.605. The Bertz CT molecular complexity index is 365. The number of amides is 2. The van der Waals surface area contributed by atoms with Crippen LogP contribution in [0.3, 0.4) is 0 Å². The standard InChI is InChI=1S/C11H14N2O3/c1-2-9(10(14)15)13-11(16)12-8-6-4-3-5-7-8/h3-7,9H,2H2,1H3,(H,14,15)(H2,12,13,16)/p-1. The number of aliphatic carboxylic acids is 1. The van der Waals surface area contributed by atoms with Gasteiger partial charge in [0.05, 0.1) is 12.0 Å². The number of nitrogens with one attached hydrogen (secondary N) is 2. The number of carbonyl (C=O) groups excluding carboxylic acids is 2. The molecular weight excluding hydrogens is 208 g/mol. The van der Waals surface area contributed by atoms with E-state index in [0.29, 0.717) is 5.69 Å². The van der Waals surface area contributed by atoms with E-state index in [9.17, 15) is 14.7 Å². The van der Waals surface area contributed by atoms with Gasteiger partial charge in [-0.1, -0.05) is 25.1 Å². The van der Waals surface area contributed by atoms with Crippen molar-refractivity contribution in [3.05, 3.63) is 30.3 Å². The van der Waals surface area contributed by atoms with Gasteiger partial charge in [0.15, 0.2) is 0 Å². The molecule has 0 aliphatic rings. The Morgan fingerprint density at radius 3 is 2.44 bits per heavy atom. The van der Waals surface area contributed by atoms with Crippen molar-refractivity contribution < 1.29 is 14.7 Å². The van der Waals surface area contributed by atoms with Crippen molar-refractivity contribution in [3.8, 4) is 0 Å². The van der Waals surface area contributed by atoms with Gasteiger partial charge in [-0.05, 0) is 18.6 Å². The summed E-state index contributed by atoms with van der Waals surface area (Å²) in [4.78, 5) is 21.9. The normalized spacial score (nSPS) is 11.6. The summed E-state index contributed by atoms with van der Waals surface area (Å²) in [5.74, 6) is -1.29. The predicted molar refractivity (Wildman–Crippen MR) is 57.7 cm³/mol. The van der Waals surface area contributed by atoms with Gasteiger partial charge in [0, 0.05) is 5.69 Å². The Labute approximate surface area is 93.5 Å². The summed E-state index contributed by atoms with van der Waals surface area (Å²) in [6.45, 7) is 1.66. The Hall–Kier alpha value is -2.04. The number of urea groups is 1. The molecule has 0 bridgehead atoms. The third-order valence-corrected chi connectivity index (χ3v) is 2.03. The van der Waals surface area contributed by atoms with Gasteiger partial charge >= 0.3 is 6.03 Å². The zero-order chi connectivity index (χ0) is 12.0. The number of anilines is 1. The zero-order valence-corrected chi connectivity index (χ0v) is 8.90. The average molecular weight is 221 g/mol. The molecule has 0 aromatic heterocycles. The van der Waals surface area contributed by atoms with Gasteiger partial charge in [0.2, 0.25) is 0 Å². The van der Waals surface area contributed by atoms with Gasteiger partial charge in [-0.2, -0.15) is 0 Å². The summed E-state index contributed by atoms with van der Waals surface area (Å²) in [5, 5.41) is 15.4. The molecule has 0 radical (unpaired) electrons. The molecule has 86 valence electrons. The summed E-state index contributed by atoms with van der Waals surface area (Å²) >= 11 is 0. The van der Waals surface area contributed by atoms with Crippen LogP contribution >= 0.6 is 0 Å². The third-order valence-electron chi connectivity index (χ3n) is 2.03. The fraction of sp³-hybridized carbons (Fsp3) is 0.273. The molecule has 2 N–H and O–H groups in total. The van der Waals surface area contributed by atoms with E-state index in [1.165, 1.54) is 0 Å². The van der Waals surface area contributed by atoms with Gasteiger partial charge in [-0.15, -0.1) is 0 Å². The maximum absolute atomic E-state index is 11.4. The van der Waals surface area contributed by atoms with E-state index in [0.717, 1.165) is 0 Å². The fourth-order valence-electron chi connectivity index (χ4n) is 1.17. The Morgan fingerprint density at radius 1 is 1.31 bits per heavy atom. The molecular formula is C11H13N2O3-. The molecule has 5 heteroatoms. The third kappa shape index (κ3) is 3.61. The van der Waals surface area contributed by atoms with Gasteiger partial charge in [-0.3, -0.25) is 0 Å². The number of carboxylic acids is 1. The highest BCUT2D eigenvalue weighted by atomic mass is 16.4. The number of rotatable bonds is 4. The van der Waals surface area contributed by atoms with Crippen molar-refractivity contribution in [2.45, 2.75) is 19.4 Å². The molecule has 0 saturated heterocycles. The second-order valence-electron chi connectivity index (χ2n) is 3.24. The summed E-state index contributed by atoms with van der Waals surface area (Å²) in [6, 6.07) is 7.25. The molecule has 1 atom stereocenters. The average Bonchev–Trinajstić information content (AvgIpc) is 2.27. The number of para-hydroxylation sites is 1. The van der Waals surface area contributed by atoms with Gasteiger partial charge < -0.3 is 20.5 Å². The molecule has 1 rings (SSSR count). The van der Waals surface area contributed by atoms with E-state index in [-0.39, 0.29) is 6.42 Å². The largest absolute Gasteiger partial charge is 0.548 e. The first kappa shape index (κ1) is 12.0. The van der Waals surface area contributed by atoms with Crippen molar-refractivity contribution in [2.24, 2.45) is 0 Å². The summed E-state index contributed by atoms with van der Waals surface area (Å²) in [6.07, 6.45) is 0.282. The van der Waals surface area contributed by atoms with Crippen LogP contribution in [0.15, 0.2) is 30.3 Å². The van der Waals surface area contributed by atoms with Gasteiger partial charge in [0.1, 0.15) is 0 Å². The maximum Gasteiger partial charge on any atom is 0.319 e.